The van der Waals surface area contributed by atoms with E-state index in [1.165, 1.54) is 5.56 Å². The molecule has 0 amide bonds. The van der Waals surface area contributed by atoms with Crippen molar-refractivity contribution in [1.82, 2.24) is 5.32 Å². The van der Waals surface area contributed by atoms with Gasteiger partial charge in [0.15, 0.2) is 0 Å². The van der Waals surface area contributed by atoms with E-state index in [0.717, 1.165) is 23.0 Å². The zero-order valence-corrected chi connectivity index (χ0v) is 13.7. The predicted octanol–water partition coefficient (Wildman–Crippen LogP) is 4.44. The first kappa shape index (κ1) is 15.4. The van der Waals surface area contributed by atoms with Gasteiger partial charge in [0.25, 0.3) is 0 Å². The first-order valence-corrected chi connectivity index (χ1v) is 7.66. The second-order valence-electron chi connectivity index (χ2n) is 4.53. The van der Waals surface area contributed by atoms with Crippen LogP contribution in [0.1, 0.15) is 11.1 Å². The first-order valence-electron chi connectivity index (χ1n) is 6.49. The van der Waals surface area contributed by atoms with Crippen molar-refractivity contribution in [2.45, 2.75) is 13.0 Å². The number of rotatable bonds is 6. The van der Waals surface area contributed by atoms with E-state index < -0.39 is 0 Å². The molecule has 4 heteroatoms. The first-order chi connectivity index (χ1) is 9.69. The Labute approximate surface area is 133 Å². The Morgan fingerprint density at radius 3 is 2.50 bits per heavy atom. The van der Waals surface area contributed by atoms with Crippen LogP contribution in [0, 0.1) is 0 Å². The lowest BCUT2D eigenvalue weighted by molar-refractivity contribution is 0.306. The van der Waals surface area contributed by atoms with Crippen LogP contribution in [0.5, 0.6) is 5.75 Å². The highest BCUT2D eigenvalue weighted by Crippen LogP contribution is 2.28. The third-order valence-electron chi connectivity index (χ3n) is 2.97. The summed E-state index contributed by atoms with van der Waals surface area (Å²) in [6, 6.07) is 14.1. The molecule has 2 nitrogen and oxygen atoms in total. The molecule has 0 aliphatic rings. The van der Waals surface area contributed by atoms with Crippen LogP contribution in [-0.4, -0.2) is 13.6 Å². The zero-order valence-electron chi connectivity index (χ0n) is 11.3. The minimum absolute atomic E-state index is 0.516. The Kier molecular flexibility index (Phi) is 5.89. The smallest absolute Gasteiger partial charge is 0.139 e. The van der Waals surface area contributed by atoms with Crippen LogP contribution in [0.15, 0.2) is 46.9 Å². The fraction of sp³-hybridized carbons (Fsp3) is 0.250. The molecule has 2 rings (SSSR count). The molecule has 20 heavy (non-hydrogen) atoms. The molecule has 0 aliphatic carbocycles. The fourth-order valence-corrected chi connectivity index (χ4v) is 2.33. The van der Waals surface area contributed by atoms with Crippen LogP contribution >= 0.6 is 27.5 Å². The van der Waals surface area contributed by atoms with Gasteiger partial charge in [-0.1, -0.05) is 51.8 Å². The van der Waals surface area contributed by atoms with Crippen LogP contribution in [0.2, 0.25) is 5.02 Å². The van der Waals surface area contributed by atoms with Crippen molar-refractivity contribution in [3.63, 3.8) is 0 Å². The lowest BCUT2D eigenvalue weighted by Gasteiger charge is -2.09. The van der Waals surface area contributed by atoms with Crippen LogP contribution in [0.25, 0.3) is 0 Å². The van der Waals surface area contributed by atoms with E-state index in [-0.39, 0.29) is 0 Å². The van der Waals surface area contributed by atoms with Gasteiger partial charge in [0.2, 0.25) is 0 Å². The minimum Gasteiger partial charge on any atom is -0.487 e. The molecule has 0 aromatic heterocycles. The number of halogens is 2. The van der Waals surface area contributed by atoms with Gasteiger partial charge >= 0.3 is 0 Å². The average Bonchev–Trinajstić information content (AvgIpc) is 2.47. The van der Waals surface area contributed by atoms with Crippen LogP contribution in [0.3, 0.4) is 0 Å². The molecule has 0 saturated heterocycles. The second kappa shape index (κ2) is 7.67. The summed E-state index contributed by atoms with van der Waals surface area (Å²) < 4.78 is 6.71. The number of nitrogens with one attached hydrogen (secondary N) is 1. The maximum Gasteiger partial charge on any atom is 0.139 e. The third kappa shape index (κ3) is 4.51. The number of ether oxygens (including phenoxy) is 1. The number of hydrogen-bond acceptors (Lipinski definition) is 2. The Hall–Kier alpha value is -1.03. The van der Waals surface area contributed by atoms with Gasteiger partial charge in [-0.15, -0.1) is 0 Å². The van der Waals surface area contributed by atoms with E-state index in [9.17, 15) is 0 Å². The van der Waals surface area contributed by atoms with E-state index >= 15 is 0 Å². The predicted molar refractivity (Wildman–Crippen MR) is 87.6 cm³/mol. The van der Waals surface area contributed by atoms with Gasteiger partial charge in [0.05, 0.1) is 5.02 Å². The summed E-state index contributed by atoms with van der Waals surface area (Å²) in [5.41, 5.74) is 2.46. The molecule has 0 atom stereocenters. The van der Waals surface area contributed by atoms with Gasteiger partial charge < -0.3 is 10.1 Å². The van der Waals surface area contributed by atoms with Crippen molar-refractivity contribution >= 4 is 27.5 Å². The number of hydrogen-bond donors (Lipinski definition) is 1. The maximum atomic E-state index is 6.09. The zero-order chi connectivity index (χ0) is 14.4. The van der Waals surface area contributed by atoms with Gasteiger partial charge in [0, 0.05) is 4.47 Å². The van der Waals surface area contributed by atoms with Crippen LogP contribution in [0.4, 0.5) is 0 Å². The molecule has 0 heterocycles. The van der Waals surface area contributed by atoms with E-state index in [4.69, 9.17) is 16.3 Å². The highest BCUT2D eigenvalue weighted by Gasteiger charge is 2.03. The molecule has 0 aliphatic heterocycles. The van der Waals surface area contributed by atoms with Crippen molar-refractivity contribution in [2.75, 3.05) is 13.6 Å². The van der Waals surface area contributed by atoms with Crippen molar-refractivity contribution in [3.05, 3.63) is 63.1 Å². The minimum atomic E-state index is 0.516. The largest absolute Gasteiger partial charge is 0.487 e. The normalized spacial score (nSPS) is 10.6. The molecule has 0 fully saturated rings. The van der Waals surface area contributed by atoms with E-state index in [0.29, 0.717) is 17.4 Å². The Bertz CT molecular complexity index is 557. The van der Waals surface area contributed by atoms with E-state index in [1.807, 2.05) is 25.2 Å². The molecular formula is C16H17BrClNO. The van der Waals surface area contributed by atoms with Crippen molar-refractivity contribution in [1.29, 1.82) is 0 Å². The summed E-state index contributed by atoms with van der Waals surface area (Å²) >= 11 is 9.50. The molecule has 106 valence electrons. The molecule has 0 saturated carbocycles. The van der Waals surface area contributed by atoms with Gasteiger partial charge in [-0.25, -0.2) is 0 Å². The van der Waals surface area contributed by atoms with Gasteiger partial charge in [-0.05, 0) is 49.3 Å². The van der Waals surface area contributed by atoms with Crippen LogP contribution in [-0.2, 0) is 13.0 Å². The Balaban J connectivity index is 1.95. The van der Waals surface area contributed by atoms with Crippen molar-refractivity contribution in [2.24, 2.45) is 0 Å². The summed E-state index contributed by atoms with van der Waals surface area (Å²) in [6.45, 7) is 1.51. The summed E-state index contributed by atoms with van der Waals surface area (Å²) in [6.07, 6.45) is 1.04. The van der Waals surface area contributed by atoms with E-state index in [1.54, 1.807) is 0 Å². The van der Waals surface area contributed by atoms with Crippen LogP contribution < -0.4 is 10.1 Å². The second-order valence-corrected chi connectivity index (χ2v) is 5.86. The molecule has 1 N–H and O–H groups in total. The highest BCUT2D eigenvalue weighted by molar-refractivity contribution is 9.10. The average molecular weight is 355 g/mol. The monoisotopic (exact) mass is 353 g/mol. The lowest BCUT2D eigenvalue weighted by atomic mass is 10.1. The molecule has 2 aromatic carbocycles. The van der Waals surface area contributed by atoms with Gasteiger partial charge in [-0.2, -0.15) is 0 Å². The van der Waals surface area contributed by atoms with Crippen molar-refractivity contribution in [3.8, 4) is 5.75 Å². The van der Waals surface area contributed by atoms with E-state index in [2.05, 4.69) is 45.5 Å². The van der Waals surface area contributed by atoms with Gasteiger partial charge in [-0.3, -0.25) is 0 Å². The highest BCUT2D eigenvalue weighted by atomic mass is 79.9. The molecule has 0 spiro atoms. The Morgan fingerprint density at radius 2 is 1.80 bits per heavy atom. The summed E-state index contributed by atoms with van der Waals surface area (Å²) in [4.78, 5) is 0. The molecular weight excluding hydrogens is 338 g/mol. The Morgan fingerprint density at radius 1 is 1.10 bits per heavy atom. The molecule has 2 aromatic rings. The molecule has 0 radical (unpaired) electrons. The van der Waals surface area contributed by atoms with Gasteiger partial charge in [0.1, 0.15) is 12.4 Å². The summed E-state index contributed by atoms with van der Waals surface area (Å²) in [7, 11) is 1.96. The summed E-state index contributed by atoms with van der Waals surface area (Å²) in [5, 5.41) is 3.77. The molecule has 0 unspecified atom stereocenters. The topological polar surface area (TPSA) is 21.3 Å². The van der Waals surface area contributed by atoms with Crippen molar-refractivity contribution < 1.29 is 4.74 Å². The standard InChI is InChI=1S/C16H17BrClNO/c1-19-9-8-12-2-4-13(5-3-12)11-20-16-10-14(17)6-7-15(16)18/h2-7,10,19H,8-9,11H2,1H3. The fourth-order valence-electron chi connectivity index (χ4n) is 1.82. The number of likely N-dealkylation sites (N-methyl/N-ethyl adjacent to an activating group) is 1. The SMILES string of the molecule is CNCCc1ccc(COc2cc(Br)ccc2Cl)cc1. The maximum absolute atomic E-state index is 6.09. The third-order valence-corrected chi connectivity index (χ3v) is 3.78. The quantitative estimate of drug-likeness (QED) is 0.828. The number of benzene rings is 2. The lowest BCUT2D eigenvalue weighted by Crippen LogP contribution is -2.10. The summed E-state index contributed by atoms with van der Waals surface area (Å²) in [5.74, 6) is 0.695. The molecule has 0 bridgehead atoms.